The summed E-state index contributed by atoms with van der Waals surface area (Å²) in [6.07, 6.45) is 0.201. The van der Waals surface area contributed by atoms with Crippen molar-refractivity contribution in [2.45, 2.75) is 12.5 Å². The van der Waals surface area contributed by atoms with Gasteiger partial charge in [-0.05, 0) is 6.42 Å². The maximum atomic E-state index is 10.2. The number of hydrazine groups is 1. The maximum Gasteiger partial charge on any atom is 0.320 e. The van der Waals surface area contributed by atoms with Crippen molar-refractivity contribution in [1.82, 2.24) is 10.6 Å². The summed E-state index contributed by atoms with van der Waals surface area (Å²) < 4.78 is 0. The van der Waals surface area contributed by atoms with Crippen LogP contribution in [0.3, 0.4) is 0 Å². The van der Waals surface area contributed by atoms with Gasteiger partial charge in [0.15, 0.2) is 0 Å². The van der Waals surface area contributed by atoms with Gasteiger partial charge in [0, 0.05) is 13.6 Å². The molecule has 0 aliphatic heterocycles. The number of carbonyl (C=O) groups is 1. The Kier molecular flexibility index (Phi) is 4.71. The molecule has 0 radical (unpaired) electrons. The summed E-state index contributed by atoms with van der Waals surface area (Å²) in [6, 6.07) is -0.919. The normalized spacial score (nSPS) is 13.5. The molecule has 0 saturated heterocycles. The Balaban J connectivity index is 3.45. The van der Waals surface area contributed by atoms with Crippen LogP contribution in [0.2, 0.25) is 0 Å². The third-order valence-electron chi connectivity index (χ3n) is 1.23. The zero-order valence-electron chi connectivity index (χ0n) is 6.32. The van der Waals surface area contributed by atoms with Crippen molar-refractivity contribution >= 4 is 5.97 Å². The zero-order valence-corrected chi connectivity index (χ0v) is 6.32. The number of aliphatic carboxylic acids is 1. The van der Waals surface area contributed by atoms with Crippen molar-refractivity contribution < 1.29 is 15.1 Å². The number of rotatable bonds is 5. The van der Waals surface area contributed by atoms with Gasteiger partial charge in [-0.1, -0.05) is 0 Å². The molecule has 6 nitrogen and oxygen atoms in total. The number of carboxylic acid groups (broad SMARTS) is 1. The first kappa shape index (κ1) is 10.3. The summed E-state index contributed by atoms with van der Waals surface area (Å²) in [5.41, 5.74) is 7.55. The fourth-order valence-electron chi connectivity index (χ4n) is 0.497. The van der Waals surface area contributed by atoms with Crippen molar-refractivity contribution in [3.63, 3.8) is 0 Å². The Bertz CT molecular complexity index is 130. The molecule has 0 rings (SSSR count). The molecule has 0 saturated carbocycles. The highest BCUT2D eigenvalue weighted by Gasteiger charge is 2.11. The first-order valence-electron chi connectivity index (χ1n) is 3.20. The van der Waals surface area contributed by atoms with Crippen LogP contribution in [0.15, 0.2) is 0 Å². The van der Waals surface area contributed by atoms with Gasteiger partial charge in [-0.3, -0.25) is 10.0 Å². The van der Waals surface area contributed by atoms with Crippen LogP contribution in [0.5, 0.6) is 0 Å². The molecule has 0 heterocycles. The molecule has 0 aromatic rings. The van der Waals surface area contributed by atoms with Crippen LogP contribution in [0, 0.1) is 0 Å². The molecule has 0 aliphatic rings. The van der Waals surface area contributed by atoms with E-state index in [1.54, 1.807) is 0 Å². The average Bonchev–Trinajstić information content (AvgIpc) is 1.99. The minimum absolute atomic E-state index is 0.184. The molecule has 66 valence electrons. The minimum atomic E-state index is -1.06. The lowest BCUT2D eigenvalue weighted by Crippen LogP contribution is -2.38. The van der Waals surface area contributed by atoms with Gasteiger partial charge in [0.05, 0.1) is 0 Å². The molecular weight excluding hydrogens is 150 g/mol. The Morgan fingerprint density at radius 3 is 2.73 bits per heavy atom. The first-order valence-corrected chi connectivity index (χ1v) is 3.20. The lowest BCUT2D eigenvalue weighted by molar-refractivity contribution is -0.143. The summed E-state index contributed by atoms with van der Waals surface area (Å²) in [7, 11) is 1.52. The molecule has 0 bridgehead atoms. The number of hydrogen-bond acceptors (Lipinski definition) is 5. The van der Waals surface area contributed by atoms with E-state index >= 15 is 0 Å². The Hall–Kier alpha value is -0.690. The van der Waals surface area contributed by atoms with E-state index < -0.39 is 12.0 Å². The summed E-state index contributed by atoms with van der Waals surface area (Å²) in [6.45, 7) is 0.184. The van der Waals surface area contributed by atoms with Gasteiger partial charge in [0.1, 0.15) is 6.04 Å². The second-order valence-corrected chi connectivity index (χ2v) is 2.08. The van der Waals surface area contributed by atoms with Crippen LogP contribution in [0.4, 0.5) is 0 Å². The molecule has 0 aromatic heterocycles. The lowest BCUT2D eigenvalue weighted by atomic mass is 10.2. The topological polar surface area (TPSA) is 98.8 Å². The predicted molar refractivity (Wildman–Crippen MR) is 37.8 cm³/mol. The molecule has 0 amide bonds. The second kappa shape index (κ2) is 5.03. The number of hydroxylamine groups is 1. The fraction of sp³-hybridized carbons (Fsp3) is 0.800. The Morgan fingerprint density at radius 1 is 1.82 bits per heavy atom. The van der Waals surface area contributed by atoms with E-state index in [-0.39, 0.29) is 13.0 Å². The highest BCUT2D eigenvalue weighted by atomic mass is 16.5. The van der Waals surface area contributed by atoms with Crippen LogP contribution in [-0.2, 0) is 4.79 Å². The summed E-state index contributed by atoms with van der Waals surface area (Å²) >= 11 is 0. The van der Waals surface area contributed by atoms with Gasteiger partial charge in [0.2, 0.25) is 0 Å². The maximum absolute atomic E-state index is 10.2. The summed E-state index contributed by atoms with van der Waals surface area (Å²) in [5.74, 6) is -1.06. The van der Waals surface area contributed by atoms with Gasteiger partial charge in [-0.2, -0.15) is 0 Å². The van der Waals surface area contributed by atoms with E-state index in [9.17, 15) is 4.79 Å². The molecule has 0 spiro atoms. The van der Waals surface area contributed by atoms with Crippen molar-refractivity contribution in [3.05, 3.63) is 0 Å². The van der Waals surface area contributed by atoms with E-state index in [1.807, 2.05) is 0 Å². The zero-order chi connectivity index (χ0) is 8.85. The molecule has 11 heavy (non-hydrogen) atoms. The second-order valence-electron chi connectivity index (χ2n) is 2.08. The van der Waals surface area contributed by atoms with E-state index in [1.165, 1.54) is 7.05 Å². The van der Waals surface area contributed by atoms with Gasteiger partial charge in [-0.15, -0.1) is 5.17 Å². The van der Waals surface area contributed by atoms with Crippen molar-refractivity contribution in [2.24, 2.45) is 5.73 Å². The predicted octanol–water partition coefficient (Wildman–Crippen LogP) is -1.39. The molecule has 0 aliphatic carbocycles. The minimum Gasteiger partial charge on any atom is -0.480 e. The van der Waals surface area contributed by atoms with E-state index in [0.29, 0.717) is 0 Å². The van der Waals surface area contributed by atoms with E-state index in [4.69, 9.17) is 16.0 Å². The molecule has 0 fully saturated rings. The molecular formula is C5H13N3O3. The summed E-state index contributed by atoms with van der Waals surface area (Å²) in [4.78, 5) is 10.2. The SMILES string of the molecule is CNN(O)CC[C@H](N)C(=O)O. The van der Waals surface area contributed by atoms with E-state index in [2.05, 4.69) is 5.43 Å². The van der Waals surface area contributed by atoms with Gasteiger partial charge < -0.3 is 10.8 Å². The summed E-state index contributed by atoms with van der Waals surface area (Å²) in [5, 5.41) is 17.9. The van der Waals surface area contributed by atoms with Crippen LogP contribution in [-0.4, -0.2) is 41.1 Å². The van der Waals surface area contributed by atoms with E-state index in [0.717, 1.165) is 5.17 Å². The number of carboxylic acids is 1. The third kappa shape index (κ3) is 4.68. The lowest BCUT2D eigenvalue weighted by Gasteiger charge is -2.13. The van der Waals surface area contributed by atoms with Crippen molar-refractivity contribution in [2.75, 3.05) is 13.6 Å². The molecule has 1 atom stereocenters. The first-order chi connectivity index (χ1) is 5.07. The largest absolute Gasteiger partial charge is 0.480 e. The number of nitrogens with zero attached hydrogens (tertiary/aromatic N) is 1. The van der Waals surface area contributed by atoms with Crippen molar-refractivity contribution in [3.8, 4) is 0 Å². The van der Waals surface area contributed by atoms with Crippen LogP contribution >= 0.6 is 0 Å². The number of nitrogens with one attached hydrogen (secondary N) is 1. The number of nitrogens with two attached hydrogens (primary N) is 1. The third-order valence-corrected chi connectivity index (χ3v) is 1.23. The Labute approximate surface area is 64.5 Å². The molecule has 0 aromatic carbocycles. The molecule has 0 unspecified atom stereocenters. The highest BCUT2D eigenvalue weighted by molar-refractivity contribution is 5.72. The quantitative estimate of drug-likeness (QED) is 0.373. The van der Waals surface area contributed by atoms with Crippen LogP contribution in [0.1, 0.15) is 6.42 Å². The smallest absolute Gasteiger partial charge is 0.320 e. The number of hydrogen-bond donors (Lipinski definition) is 4. The monoisotopic (exact) mass is 163 g/mol. The average molecular weight is 163 g/mol. The van der Waals surface area contributed by atoms with Crippen LogP contribution in [0.25, 0.3) is 0 Å². The Morgan fingerprint density at radius 2 is 2.36 bits per heavy atom. The van der Waals surface area contributed by atoms with Crippen molar-refractivity contribution in [1.29, 1.82) is 0 Å². The standard InChI is InChI=1S/C5H13N3O3/c1-7-8(11)3-2-4(6)5(9)10/h4,7,11H,2-3,6H2,1H3,(H,9,10)/t4-/m0/s1. The molecule has 6 heteroatoms. The molecule has 5 N–H and O–H groups in total. The van der Waals surface area contributed by atoms with Gasteiger partial charge in [0.25, 0.3) is 0 Å². The highest BCUT2D eigenvalue weighted by Crippen LogP contribution is 1.88. The van der Waals surface area contributed by atoms with Gasteiger partial charge >= 0.3 is 5.97 Å². The van der Waals surface area contributed by atoms with Crippen LogP contribution < -0.4 is 11.2 Å². The van der Waals surface area contributed by atoms with Gasteiger partial charge in [-0.25, -0.2) is 5.43 Å². The fourth-order valence-corrected chi connectivity index (χ4v) is 0.497.